The lowest BCUT2D eigenvalue weighted by Gasteiger charge is -2.38. The van der Waals surface area contributed by atoms with Crippen LogP contribution in [0.25, 0.3) is 0 Å². The first-order valence-corrected chi connectivity index (χ1v) is 6.51. The van der Waals surface area contributed by atoms with E-state index in [1.165, 1.54) is 17.8 Å². The Labute approximate surface area is 99.6 Å². The molecule has 0 unspecified atom stereocenters. The van der Waals surface area contributed by atoms with E-state index < -0.39 is 0 Å². The minimum Gasteiger partial charge on any atom is -0.462 e. The van der Waals surface area contributed by atoms with Crippen LogP contribution in [0.3, 0.4) is 0 Å². The van der Waals surface area contributed by atoms with Gasteiger partial charge >= 0.3 is 5.97 Å². The van der Waals surface area contributed by atoms with Gasteiger partial charge in [0.25, 0.3) is 0 Å². The molecule has 4 heteroatoms. The number of thiophene rings is 1. The number of ether oxygens (including phenoxy) is 1. The number of carbonyl (C=O) groups is 1. The van der Waals surface area contributed by atoms with E-state index in [0.29, 0.717) is 17.2 Å². The quantitative estimate of drug-likeness (QED) is 0.825. The Balaban J connectivity index is 2.36. The molecule has 3 nitrogen and oxygen atoms in total. The van der Waals surface area contributed by atoms with Crippen LogP contribution in [0.4, 0.5) is 5.00 Å². The molecule has 1 aliphatic rings. The maximum Gasteiger partial charge on any atom is 0.341 e. The molecule has 1 saturated carbocycles. The second-order valence-electron chi connectivity index (χ2n) is 4.52. The molecule has 16 heavy (non-hydrogen) atoms. The van der Waals surface area contributed by atoms with Gasteiger partial charge in [0.2, 0.25) is 0 Å². The third-order valence-electron chi connectivity index (χ3n) is 3.41. The molecule has 0 bridgehead atoms. The highest BCUT2D eigenvalue weighted by Crippen LogP contribution is 2.47. The van der Waals surface area contributed by atoms with E-state index >= 15 is 0 Å². The first kappa shape index (κ1) is 11.5. The fourth-order valence-electron chi connectivity index (χ4n) is 2.21. The van der Waals surface area contributed by atoms with Crippen molar-refractivity contribution < 1.29 is 9.53 Å². The first-order chi connectivity index (χ1) is 7.58. The van der Waals surface area contributed by atoms with Gasteiger partial charge in [0.15, 0.2) is 0 Å². The molecular weight excluding hydrogens is 222 g/mol. The number of esters is 1. The van der Waals surface area contributed by atoms with Crippen molar-refractivity contribution in [2.45, 2.75) is 38.5 Å². The third-order valence-corrected chi connectivity index (χ3v) is 4.22. The fourth-order valence-corrected chi connectivity index (χ4v) is 3.17. The Kier molecular flexibility index (Phi) is 2.93. The predicted molar refractivity (Wildman–Crippen MR) is 65.9 cm³/mol. The largest absolute Gasteiger partial charge is 0.462 e. The minimum atomic E-state index is -0.274. The molecule has 88 valence electrons. The third kappa shape index (κ3) is 1.71. The number of hydrogen-bond acceptors (Lipinski definition) is 4. The average Bonchev–Trinajstić information content (AvgIpc) is 2.57. The molecule has 0 amide bonds. The van der Waals surface area contributed by atoms with Gasteiger partial charge in [-0.05, 0) is 36.1 Å². The van der Waals surface area contributed by atoms with Crippen LogP contribution in [0.15, 0.2) is 5.38 Å². The lowest BCUT2D eigenvalue weighted by atomic mass is 9.66. The zero-order valence-electron chi connectivity index (χ0n) is 9.71. The second-order valence-corrected chi connectivity index (χ2v) is 5.43. The molecule has 2 N–H and O–H groups in total. The number of nitrogen functional groups attached to an aromatic ring is 1. The van der Waals surface area contributed by atoms with Crippen LogP contribution in [0, 0.1) is 0 Å². The van der Waals surface area contributed by atoms with Gasteiger partial charge in [-0.25, -0.2) is 4.79 Å². The summed E-state index contributed by atoms with van der Waals surface area (Å²) in [5.74, 6) is -0.274. The zero-order chi connectivity index (χ0) is 11.8. The van der Waals surface area contributed by atoms with Gasteiger partial charge in [-0.2, -0.15) is 0 Å². The lowest BCUT2D eigenvalue weighted by molar-refractivity contribution is 0.0523. The summed E-state index contributed by atoms with van der Waals surface area (Å²) in [6, 6.07) is 0. The van der Waals surface area contributed by atoms with Gasteiger partial charge in [0, 0.05) is 0 Å². The van der Waals surface area contributed by atoms with Crippen molar-refractivity contribution in [2.75, 3.05) is 12.3 Å². The van der Waals surface area contributed by atoms with Crippen LogP contribution in [-0.2, 0) is 10.2 Å². The summed E-state index contributed by atoms with van der Waals surface area (Å²) in [6.45, 7) is 4.40. The Morgan fingerprint density at radius 3 is 2.81 bits per heavy atom. The van der Waals surface area contributed by atoms with E-state index in [9.17, 15) is 4.79 Å². The van der Waals surface area contributed by atoms with Gasteiger partial charge < -0.3 is 10.5 Å². The standard InChI is InChI=1S/C12H17NO2S/c1-3-15-11(14)9-8(7-16-10(9)13)12(2)5-4-6-12/h7H,3-6,13H2,1-2H3. The Bertz CT molecular complexity index is 407. The zero-order valence-corrected chi connectivity index (χ0v) is 10.5. The summed E-state index contributed by atoms with van der Waals surface area (Å²) in [7, 11) is 0. The highest BCUT2D eigenvalue weighted by Gasteiger charge is 2.38. The maximum atomic E-state index is 11.8. The Morgan fingerprint density at radius 2 is 2.31 bits per heavy atom. The first-order valence-electron chi connectivity index (χ1n) is 5.63. The molecule has 0 aromatic carbocycles. The molecule has 0 saturated heterocycles. The highest BCUT2D eigenvalue weighted by atomic mass is 32.1. The van der Waals surface area contributed by atoms with E-state index in [1.807, 2.05) is 12.3 Å². The van der Waals surface area contributed by atoms with Crippen LogP contribution in [0.5, 0.6) is 0 Å². The van der Waals surface area contributed by atoms with Gasteiger partial charge in [-0.15, -0.1) is 11.3 Å². The number of rotatable bonds is 3. The Hall–Kier alpha value is -1.03. The lowest BCUT2D eigenvalue weighted by Crippen LogP contribution is -2.31. The number of hydrogen-bond donors (Lipinski definition) is 1. The predicted octanol–water partition coefficient (Wildman–Crippen LogP) is 2.95. The van der Waals surface area contributed by atoms with Crippen molar-refractivity contribution in [2.24, 2.45) is 0 Å². The molecule has 1 aromatic rings. The summed E-state index contributed by atoms with van der Waals surface area (Å²) in [4.78, 5) is 11.8. The fraction of sp³-hybridized carbons (Fsp3) is 0.583. The van der Waals surface area contributed by atoms with Crippen LogP contribution < -0.4 is 5.73 Å². The molecule has 0 radical (unpaired) electrons. The summed E-state index contributed by atoms with van der Waals surface area (Å²) < 4.78 is 5.06. The van der Waals surface area contributed by atoms with Crippen molar-refractivity contribution >= 4 is 22.3 Å². The van der Waals surface area contributed by atoms with E-state index in [1.54, 1.807) is 0 Å². The molecule has 1 aliphatic carbocycles. The number of anilines is 1. The number of nitrogens with two attached hydrogens (primary N) is 1. The van der Waals surface area contributed by atoms with Crippen molar-refractivity contribution in [3.05, 3.63) is 16.5 Å². The molecule has 1 heterocycles. The monoisotopic (exact) mass is 239 g/mol. The summed E-state index contributed by atoms with van der Waals surface area (Å²) in [6.07, 6.45) is 3.50. The van der Waals surface area contributed by atoms with Gasteiger partial charge in [0.1, 0.15) is 5.00 Å². The summed E-state index contributed by atoms with van der Waals surface area (Å²) in [5, 5.41) is 2.60. The van der Waals surface area contributed by atoms with E-state index in [4.69, 9.17) is 10.5 Å². The molecule has 0 atom stereocenters. The van der Waals surface area contributed by atoms with Crippen LogP contribution >= 0.6 is 11.3 Å². The highest BCUT2D eigenvalue weighted by molar-refractivity contribution is 7.14. The van der Waals surface area contributed by atoms with Crippen molar-refractivity contribution in [3.8, 4) is 0 Å². The van der Waals surface area contributed by atoms with Crippen molar-refractivity contribution in [1.82, 2.24) is 0 Å². The van der Waals surface area contributed by atoms with E-state index in [0.717, 1.165) is 18.4 Å². The van der Waals surface area contributed by atoms with Gasteiger partial charge in [-0.1, -0.05) is 13.3 Å². The summed E-state index contributed by atoms with van der Waals surface area (Å²) >= 11 is 1.44. The maximum absolute atomic E-state index is 11.8. The topological polar surface area (TPSA) is 52.3 Å². The average molecular weight is 239 g/mol. The second kappa shape index (κ2) is 4.09. The molecule has 1 aromatic heterocycles. The van der Waals surface area contributed by atoms with Crippen molar-refractivity contribution in [1.29, 1.82) is 0 Å². The van der Waals surface area contributed by atoms with Gasteiger partial charge in [-0.3, -0.25) is 0 Å². The number of carbonyl (C=O) groups excluding carboxylic acids is 1. The van der Waals surface area contributed by atoms with Crippen LogP contribution in [-0.4, -0.2) is 12.6 Å². The van der Waals surface area contributed by atoms with Crippen molar-refractivity contribution in [3.63, 3.8) is 0 Å². The molecular formula is C12H17NO2S. The van der Waals surface area contributed by atoms with Gasteiger partial charge in [0.05, 0.1) is 12.2 Å². The van der Waals surface area contributed by atoms with Crippen LogP contribution in [0.2, 0.25) is 0 Å². The van der Waals surface area contributed by atoms with Crippen LogP contribution in [0.1, 0.15) is 49.0 Å². The smallest absolute Gasteiger partial charge is 0.341 e. The molecule has 2 rings (SSSR count). The SMILES string of the molecule is CCOC(=O)c1c(C2(C)CCC2)csc1N. The molecule has 0 aliphatic heterocycles. The normalized spacial score (nSPS) is 17.9. The molecule has 0 spiro atoms. The Morgan fingerprint density at radius 1 is 1.62 bits per heavy atom. The van der Waals surface area contributed by atoms with E-state index in [2.05, 4.69) is 6.92 Å². The summed E-state index contributed by atoms with van der Waals surface area (Å²) in [5.41, 5.74) is 7.69. The minimum absolute atomic E-state index is 0.135. The molecule has 1 fully saturated rings. The van der Waals surface area contributed by atoms with E-state index in [-0.39, 0.29) is 11.4 Å².